The lowest BCUT2D eigenvalue weighted by molar-refractivity contribution is 0.0396. The molecule has 1 aliphatic carbocycles. The number of hydrogen-bond acceptors (Lipinski definition) is 3. The van der Waals surface area contributed by atoms with Gasteiger partial charge in [0, 0.05) is 30.6 Å². The number of nitrogens with one attached hydrogen (secondary N) is 2. The van der Waals surface area contributed by atoms with Gasteiger partial charge in [0.25, 0.3) is 0 Å². The van der Waals surface area contributed by atoms with Crippen LogP contribution in [0.15, 0.2) is 29.3 Å². The quantitative estimate of drug-likeness (QED) is 0.624. The molecule has 5 nitrogen and oxygen atoms in total. The standard InChI is InChI=1S/C22H33N3O2/c1-3-23-20(24-15-21(2)12-13-26-16-21)25-18-14-22(10-6-7-11-22)27-19-9-5-4-8-17(18)19/h4-5,8-9,18H,3,6-7,10-16H2,1-2H3,(H2,23,24,25). The third-order valence-electron chi connectivity index (χ3n) is 6.29. The summed E-state index contributed by atoms with van der Waals surface area (Å²) >= 11 is 0. The molecule has 1 aromatic carbocycles. The van der Waals surface area contributed by atoms with Gasteiger partial charge >= 0.3 is 0 Å². The maximum Gasteiger partial charge on any atom is 0.191 e. The molecule has 0 amide bonds. The number of aliphatic imine (C=N–C) groups is 1. The summed E-state index contributed by atoms with van der Waals surface area (Å²) in [6, 6.07) is 8.71. The Bertz CT molecular complexity index is 676. The molecule has 2 atom stereocenters. The largest absolute Gasteiger partial charge is 0.487 e. The van der Waals surface area contributed by atoms with Gasteiger partial charge in [-0.2, -0.15) is 0 Å². The lowest BCUT2D eigenvalue weighted by Gasteiger charge is -2.40. The molecule has 27 heavy (non-hydrogen) atoms. The van der Waals surface area contributed by atoms with Crippen LogP contribution in [0, 0.1) is 5.41 Å². The van der Waals surface area contributed by atoms with E-state index in [4.69, 9.17) is 14.5 Å². The van der Waals surface area contributed by atoms with Gasteiger partial charge in [0.2, 0.25) is 0 Å². The molecule has 0 radical (unpaired) electrons. The first-order valence-corrected chi connectivity index (χ1v) is 10.5. The maximum atomic E-state index is 6.49. The molecular formula is C22H33N3O2. The SMILES string of the molecule is CCNC(=NCC1(C)CCOC1)NC1CC2(CCCC2)Oc2ccccc21. The van der Waals surface area contributed by atoms with Crippen molar-refractivity contribution in [1.82, 2.24) is 10.6 Å². The molecule has 2 fully saturated rings. The molecular weight excluding hydrogens is 338 g/mol. The minimum atomic E-state index is -0.00534. The van der Waals surface area contributed by atoms with E-state index in [0.29, 0.717) is 0 Å². The van der Waals surface area contributed by atoms with E-state index in [9.17, 15) is 0 Å². The van der Waals surface area contributed by atoms with Gasteiger partial charge in [-0.15, -0.1) is 0 Å². The third-order valence-corrected chi connectivity index (χ3v) is 6.29. The van der Waals surface area contributed by atoms with E-state index < -0.39 is 0 Å². The Morgan fingerprint density at radius 1 is 1.22 bits per heavy atom. The second kappa shape index (κ2) is 7.70. The zero-order valence-electron chi connectivity index (χ0n) is 16.7. The van der Waals surface area contributed by atoms with Crippen molar-refractivity contribution in [3.63, 3.8) is 0 Å². The molecule has 1 saturated heterocycles. The smallest absolute Gasteiger partial charge is 0.191 e. The maximum absolute atomic E-state index is 6.49. The molecule has 2 unspecified atom stereocenters. The number of ether oxygens (including phenoxy) is 2. The molecule has 1 spiro atoms. The minimum Gasteiger partial charge on any atom is -0.487 e. The molecule has 3 aliphatic rings. The van der Waals surface area contributed by atoms with Crippen molar-refractivity contribution in [3.8, 4) is 5.75 Å². The van der Waals surface area contributed by atoms with E-state index in [1.807, 2.05) is 0 Å². The molecule has 4 rings (SSSR count). The van der Waals surface area contributed by atoms with Crippen molar-refractivity contribution in [2.75, 3.05) is 26.3 Å². The molecule has 2 N–H and O–H groups in total. The second-order valence-corrected chi connectivity index (χ2v) is 8.74. The Balaban J connectivity index is 1.54. The third kappa shape index (κ3) is 4.08. The van der Waals surface area contributed by atoms with Crippen LogP contribution >= 0.6 is 0 Å². The Hall–Kier alpha value is -1.75. The van der Waals surface area contributed by atoms with E-state index in [1.165, 1.54) is 18.4 Å². The van der Waals surface area contributed by atoms with E-state index in [1.54, 1.807) is 0 Å². The molecule has 0 aromatic heterocycles. The van der Waals surface area contributed by atoms with Gasteiger partial charge in [0.1, 0.15) is 11.4 Å². The van der Waals surface area contributed by atoms with Gasteiger partial charge in [-0.1, -0.05) is 25.1 Å². The van der Waals surface area contributed by atoms with E-state index in [2.05, 4.69) is 48.7 Å². The van der Waals surface area contributed by atoms with Crippen LogP contribution in [0.3, 0.4) is 0 Å². The number of guanidine groups is 1. The molecule has 148 valence electrons. The van der Waals surface area contributed by atoms with Crippen molar-refractivity contribution < 1.29 is 9.47 Å². The Labute approximate surface area is 162 Å². The van der Waals surface area contributed by atoms with Gasteiger partial charge in [0.15, 0.2) is 5.96 Å². The molecule has 0 bridgehead atoms. The molecule has 5 heteroatoms. The first-order chi connectivity index (χ1) is 13.1. The van der Waals surface area contributed by atoms with Crippen LogP contribution in [0.4, 0.5) is 0 Å². The Morgan fingerprint density at radius 3 is 2.78 bits per heavy atom. The van der Waals surface area contributed by atoms with Crippen LogP contribution < -0.4 is 15.4 Å². The summed E-state index contributed by atoms with van der Waals surface area (Å²) in [6.45, 7) is 7.69. The highest BCUT2D eigenvalue weighted by Gasteiger charge is 2.43. The predicted octanol–water partition coefficient (Wildman–Crippen LogP) is 3.80. The summed E-state index contributed by atoms with van der Waals surface area (Å²) < 4.78 is 12.1. The summed E-state index contributed by atoms with van der Waals surface area (Å²) in [5, 5.41) is 7.16. The van der Waals surface area contributed by atoms with Crippen molar-refractivity contribution >= 4 is 5.96 Å². The normalized spacial score (nSPS) is 29.4. The average molecular weight is 372 g/mol. The summed E-state index contributed by atoms with van der Waals surface area (Å²) in [5.74, 6) is 1.94. The van der Waals surface area contributed by atoms with Gasteiger partial charge in [-0.05, 0) is 45.1 Å². The Kier molecular flexibility index (Phi) is 5.31. The predicted molar refractivity (Wildman–Crippen MR) is 108 cm³/mol. The zero-order valence-corrected chi connectivity index (χ0v) is 16.7. The van der Waals surface area contributed by atoms with Crippen molar-refractivity contribution in [2.45, 2.75) is 64.0 Å². The highest BCUT2D eigenvalue weighted by atomic mass is 16.5. The summed E-state index contributed by atoms with van der Waals surface area (Å²) in [4.78, 5) is 4.92. The van der Waals surface area contributed by atoms with Gasteiger partial charge in [-0.25, -0.2) is 0 Å². The number of benzene rings is 1. The fraction of sp³-hybridized carbons (Fsp3) is 0.682. The molecule has 2 aliphatic heterocycles. The number of rotatable bonds is 4. The zero-order chi connectivity index (χ0) is 18.7. The van der Waals surface area contributed by atoms with Crippen LogP contribution in [0.1, 0.15) is 64.0 Å². The molecule has 1 saturated carbocycles. The monoisotopic (exact) mass is 371 g/mol. The van der Waals surface area contributed by atoms with Crippen molar-refractivity contribution in [3.05, 3.63) is 29.8 Å². The highest BCUT2D eigenvalue weighted by molar-refractivity contribution is 5.80. The average Bonchev–Trinajstić information content (AvgIpc) is 3.30. The lowest BCUT2D eigenvalue weighted by atomic mass is 9.86. The van der Waals surface area contributed by atoms with E-state index in [-0.39, 0.29) is 17.1 Å². The minimum absolute atomic E-state index is 0.00534. The van der Waals surface area contributed by atoms with E-state index in [0.717, 1.165) is 63.7 Å². The summed E-state index contributed by atoms with van der Waals surface area (Å²) in [5.41, 5.74) is 1.40. The summed E-state index contributed by atoms with van der Waals surface area (Å²) in [7, 11) is 0. The highest BCUT2D eigenvalue weighted by Crippen LogP contribution is 2.47. The van der Waals surface area contributed by atoms with Gasteiger partial charge in [-0.3, -0.25) is 4.99 Å². The summed E-state index contributed by atoms with van der Waals surface area (Å²) in [6.07, 6.45) is 6.93. The molecule has 2 heterocycles. The van der Waals surface area contributed by atoms with Crippen LogP contribution in [0.5, 0.6) is 5.75 Å². The van der Waals surface area contributed by atoms with Crippen molar-refractivity contribution in [1.29, 1.82) is 0 Å². The number of nitrogens with zero attached hydrogens (tertiary/aromatic N) is 1. The van der Waals surface area contributed by atoms with Crippen LogP contribution in [-0.2, 0) is 4.74 Å². The number of para-hydroxylation sites is 1. The number of hydrogen-bond donors (Lipinski definition) is 2. The fourth-order valence-corrected chi connectivity index (χ4v) is 4.66. The first-order valence-electron chi connectivity index (χ1n) is 10.5. The Morgan fingerprint density at radius 2 is 2.04 bits per heavy atom. The second-order valence-electron chi connectivity index (χ2n) is 8.74. The topological polar surface area (TPSA) is 54.9 Å². The van der Waals surface area contributed by atoms with Crippen LogP contribution in [0.2, 0.25) is 0 Å². The van der Waals surface area contributed by atoms with Gasteiger partial charge < -0.3 is 20.1 Å². The first kappa shape index (κ1) is 18.6. The fourth-order valence-electron chi connectivity index (χ4n) is 4.66. The number of fused-ring (bicyclic) bond motifs is 1. The van der Waals surface area contributed by atoms with Crippen LogP contribution in [-0.4, -0.2) is 37.9 Å². The van der Waals surface area contributed by atoms with E-state index >= 15 is 0 Å². The lowest BCUT2D eigenvalue weighted by Crippen LogP contribution is -2.47. The molecule has 1 aromatic rings. The van der Waals surface area contributed by atoms with Crippen LogP contribution in [0.25, 0.3) is 0 Å². The van der Waals surface area contributed by atoms with Gasteiger partial charge in [0.05, 0.1) is 19.2 Å². The van der Waals surface area contributed by atoms with Crippen molar-refractivity contribution in [2.24, 2.45) is 10.4 Å².